The molecular formula is C19H24N2O2S. The van der Waals surface area contributed by atoms with Crippen molar-refractivity contribution in [1.29, 1.82) is 0 Å². The van der Waals surface area contributed by atoms with Crippen LogP contribution in [0.4, 0.5) is 0 Å². The fraction of sp³-hybridized carbons (Fsp3) is 0.579. The van der Waals surface area contributed by atoms with Gasteiger partial charge in [-0.1, -0.05) is 43.2 Å². The Morgan fingerprint density at radius 1 is 1.12 bits per heavy atom. The first kappa shape index (κ1) is 16.2. The Bertz CT molecular complexity index is 762. The summed E-state index contributed by atoms with van der Waals surface area (Å²) in [6.45, 7) is 0.867. The van der Waals surface area contributed by atoms with E-state index >= 15 is 0 Å². The second-order valence-electron chi connectivity index (χ2n) is 6.82. The average molecular weight is 344 g/mol. The highest BCUT2D eigenvalue weighted by Crippen LogP contribution is 2.32. The molecule has 1 aliphatic heterocycles. The van der Waals surface area contributed by atoms with Gasteiger partial charge in [-0.25, -0.2) is 4.98 Å². The third-order valence-electron chi connectivity index (χ3n) is 5.14. The monoisotopic (exact) mass is 344 g/mol. The zero-order chi connectivity index (χ0) is 16.4. The van der Waals surface area contributed by atoms with Crippen LogP contribution in [0.5, 0.6) is 0 Å². The molecule has 0 N–H and O–H groups in total. The molecule has 1 aromatic carbocycles. The Kier molecular flexibility index (Phi) is 4.90. The van der Waals surface area contributed by atoms with Crippen molar-refractivity contribution in [3.8, 4) is 0 Å². The Morgan fingerprint density at radius 3 is 2.75 bits per heavy atom. The minimum Gasteiger partial charge on any atom is -0.377 e. The molecule has 1 aromatic heterocycles. The third kappa shape index (κ3) is 3.24. The Morgan fingerprint density at radius 2 is 1.96 bits per heavy atom. The number of fused-ring (bicyclic) bond motifs is 1. The first-order valence-corrected chi connectivity index (χ1v) is 10.1. The van der Waals surface area contributed by atoms with E-state index in [4.69, 9.17) is 9.72 Å². The van der Waals surface area contributed by atoms with Crippen molar-refractivity contribution in [1.82, 2.24) is 9.55 Å². The minimum absolute atomic E-state index is 0.127. The first-order valence-electron chi connectivity index (χ1n) is 9.08. The number of ether oxygens (including phenoxy) is 1. The van der Waals surface area contributed by atoms with Crippen LogP contribution in [0.2, 0.25) is 0 Å². The lowest BCUT2D eigenvalue weighted by Crippen LogP contribution is -2.29. The molecule has 2 heterocycles. The summed E-state index contributed by atoms with van der Waals surface area (Å²) in [7, 11) is 0. The number of thioether (sulfide) groups is 1. The fourth-order valence-corrected chi connectivity index (χ4v) is 4.96. The van der Waals surface area contributed by atoms with Crippen LogP contribution in [0.15, 0.2) is 34.2 Å². The smallest absolute Gasteiger partial charge is 0.262 e. The van der Waals surface area contributed by atoms with Gasteiger partial charge < -0.3 is 4.74 Å². The predicted molar refractivity (Wildman–Crippen MR) is 97.8 cm³/mol. The van der Waals surface area contributed by atoms with Crippen LogP contribution in [0, 0.1) is 0 Å². The molecule has 4 rings (SSSR count). The van der Waals surface area contributed by atoms with Gasteiger partial charge in [-0.2, -0.15) is 0 Å². The van der Waals surface area contributed by atoms with E-state index in [1.807, 2.05) is 28.8 Å². The molecule has 24 heavy (non-hydrogen) atoms. The Balaban J connectivity index is 1.72. The standard InChI is InChI=1S/C19H24N2O2S/c22-18-16-10-4-5-11-17(16)20-19(24-13-15-9-6-12-23-15)21(18)14-7-2-1-3-8-14/h4-5,10-11,14-15H,1-3,6-9,12-13H2. The molecule has 0 bridgehead atoms. The second kappa shape index (κ2) is 7.28. The normalized spacial score (nSPS) is 22.2. The van der Waals surface area contributed by atoms with Crippen molar-refractivity contribution < 1.29 is 4.74 Å². The topological polar surface area (TPSA) is 44.1 Å². The number of rotatable bonds is 4. The number of nitrogens with zero attached hydrogens (tertiary/aromatic N) is 2. The van der Waals surface area contributed by atoms with Gasteiger partial charge in [0.15, 0.2) is 5.16 Å². The van der Waals surface area contributed by atoms with Gasteiger partial charge in [0.1, 0.15) is 0 Å². The molecule has 1 saturated heterocycles. The van der Waals surface area contributed by atoms with Crippen molar-refractivity contribution in [3.63, 3.8) is 0 Å². The summed E-state index contributed by atoms with van der Waals surface area (Å²) in [5, 5.41) is 1.62. The van der Waals surface area contributed by atoms with Gasteiger partial charge in [0, 0.05) is 18.4 Å². The highest BCUT2D eigenvalue weighted by molar-refractivity contribution is 7.99. The van der Waals surface area contributed by atoms with E-state index < -0.39 is 0 Å². The van der Waals surface area contributed by atoms with Crippen LogP contribution in [-0.4, -0.2) is 28.0 Å². The molecule has 1 saturated carbocycles. The maximum absolute atomic E-state index is 13.1. The van der Waals surface area contributed by atoms with Crippen LogP contribution < -0.4 is 5.56 Å². The highest BCUT2D eigenvalue weighted by atomic mass is 32.2. The zero-order valence-corrected chi connectivity index (χ0v) is 14.8. The van der Waals surface area contributed by atoms with E-state index in [1.165, 1.54) is 19.3 Å². The molecule has 4 nitrogen and oxygen atoms in total. The van der Waals surface area contributed by atoms with Crippen LogP contribution in [0.25, 0.3) is 10.9 Å². The van der Waals surface area contributed by atoms with Crippen molar-refractivity contribution in [2.45, 2.75) is 62.2 Å². The lowest BCUT2D eigenvalue weighted by atomic mass is 9.95. The summed E-state index contributed by atoms with van der Waals surface area (Å²) in [6, 6.07) is 8.02. The minimum atomic E-state index is 0.127. The Labute approximate surface area is 146 Å². The van der Waals surface area contributed by atoms with Crippen molar-refractivity contribution in [2.75, 3.05) is 12.4 Å². The second-order valence-corrected chi connectivity index (χ2v) is 7.81. The molecular weight excluding hydrogens is 320 g/mol. The molecule has 2 fully saturated rings. The van der Waals surface area contributed by atoms with Gasteiger partial charge in [-0.15, -0.1) is 0 Å². The molecule has 1 atom stereocenters. The number of benzene rings is 1. The van der Waals surface area contributed by atoms with Crippen molar-refractivity contribution >= 4 is 22.7 Å². The van der Waals surface area contributed by atoms with Gasteiger partial charge in [0.05, 0.1) is 17.0 Å². The van der Waals surface area contributed by atoms with Crippen molar-refractivity contribution in [3.05, 3.63) is 34.6 Å². The maximum atomic E-state index is 13.1. The maximum Gasteiger partial charge on any atom is 0.262 e. The average Bonchev–Trinajstić information content (AvgIpc) is 3.14. The molecule has 0 radical (unpaired) electrons. The zero-order valence-electron chi connectivity index (χ0n) is 13.9. The number of aromatic nitrogens is 2. The number of hydrogen-bond acceptors (Lipinski definition) is 4. The van der Waals surface area contributed by atoms with E-state index in [1.54, 1.807) is 11.8 Å². The van der Waals surface area contributed by atoms with Crippen LogP contribution in [-0.2, 0) is 4.74 Å². The summed E-state index contributed by atoms with van der Waals surface area (Å²) >= 11 is 1.69. The number of para-hydroxylation sites is 1. The van der Waals surface area contributed by atoms with Gasteiger partial charge in [0.2, 0.25) is 0 Å². The molecule has 5 heteroatoms. The summed E-state index contributed by atoms with van der Waals surface area (Å²) in [5.74, 6) is 0.886. The molecule has 0 spiro atoms. The molecule has 1 unspecified atom stereocenters. The summed E-state index contributed by atoms with van der Waals surface area (Å²) in [5.41, 5.74) is 0.937. The van der Waals surface area contributed by atoms with E-state index in [2.05, 4.69) is 0 Å². The predicted octanol–water partition coefficient (Wildman–Crippen LogP) is 4.17. The molecule has 2 aromatic rings. The lowest BCUT2D eigenvalue weighted by Gasteiger charge is -2.26. The van der Waals surface area contributed by atoms with E-state index in [0.29, 0.717) is 12.1 Å². The van der Waals surface area contributed by atoms with E-state index in [-0.39, 0.29) is 5.56 Å². The van der Waals surface area contributed by atoms with Gasteiger partial charge in [-0.05, 0) is 37.8 Å². The molecule has 1 aliphatic carbocycles. The summed E-state index contributed by atoms with van der Waals surface area (Å²) < 4.78 is 7.73. The largest absolute Gasteiger partial charge is 0.377 e. The highest BCUT2D eigenvalue weighted by Gasteiger charge is 2.23. The van der Waals surface area contributed by atoms with E-state index in [0.717, 1.165) is 54.1 Å². The lowest BCUT2D eigenvalue weighted by molar-refractivity contribution is 0.128. The van der Waals surface area contributed by atoms with Crippen LogP contribution in [0.3, 0.4) is 0 Å². The first-order chi connectivity index (χ1) is 11.8. The molecule has 2 aliphatic rings. The summed E-state index contributed by atoms with van der Waals surface area (Å²) in [6.07, 6.45) is 8.45. The van der Waals surface area contributed by atoms with Gasteiger partial charge in [-0.3, -0.25) is 9.36 Å². The Hall–Kier alpha value is -1.33. The van der Waals surface area contributed by atoms with Crippen molar-refractivity contribution in [2.24, 2.45) is 0 Å². The van der Waals surface area contributed by atoms with Gasteiger partial charge >= 0.3 is 0 Å². The third-order valence-corrected chi connectivity index (χ3v) is 6.22. The summed E-state index contributed by atoms with van der Waals surface area (Å²) in [4.78, 5) is 18.0. The quantitative estimate of drug-likeness (QED) is 0.617. The SMILES string of the molecule is O=c1c2ccccc2nc(SCC2CCCO2)n1C1CCCCC1. The fourth-order valence-electron chi connectivity index (χ4n) is 3.83. The molecule has 0 amide bonds. The van der Waals surface area contributed by atoms with Gasteiger partial charge in [0.25, 0.3) is 5.56 Å². The van der Waals surface area contributed by atoms with Crippen LogP contribution >= 0.6 is 11.8 Å². The van der Waals surface area contributed by atoms with Crippen LogP contribution in [0.1, 0.15) is 51.0 Å². The number of hydrogen-bond donors (Lipinski definition) is 0. The molecule has 128 valence electrons. The van der Waals surface area contributed by atoms with E-state index in [9.17, 15) is 4.79 Å².